The average Bonchev–Trinajstić information content (AvgIpc) is 3.96. The van der Waals surface area contributed by atoms with Gasteiger partial charge in [0.05, 0.1) is 33.7 Å². The Morgan fingerprint density at radius 3 is 1.98 bits per heavy atom. The number of nitrogens with zero attached hydrogens (tertiary/aromatic N) is 1. The zero-order valence-electron chi connectivity index (χ0n) is 49.0. The molecule has 4 aliphatic carbocycles. The molecule has 432 valence electrons. The minimum atomic E-state index is -1.38. The van der Waals surface area contributed by atoms with E-state index in [1.54, 1.807) is 38.5 Å². The summed E-state index contributed by atoms with van der Waals surface area (Å²) in [5.74, 6) is 3.16. The van der Waals surface area contributed by atoms with Gasteiger partial charge in [-0.2, -0.15) is 0 Å². The minimum Gasteiger partial charge on any atom is -0.497 e. The lowest BCUT2D eigenvalue weighted by atomic mass is 9.47. The van der Waals surface area contributed by atoms with Crippen LogP contribution in [0, 0.1) is 46.3 Å². The number of amides is 2. The number of carbonyl (C=O) groups is 4. The summed E-state index contributed by atoms with van der Waals surface area (Å²) >= 11 is 0. The molecule has 0 aliphatic heterocycles. The van der Waals surface area contributed by atoms with Gasteiger partial charge in [0.1, 0.15) is 29.2 Å². The lowest BCUT2D eigenvalue weighted by Gasteiger charge is -2.58. The summed E-state index contributed by atoms with van der Waals surface area (Å²) in [6, 6.07) is 32.6. The number of aliphatic carboxylic acids is 1. The quantitative estimate of drug-likeness (QED) is 0.0216. The number of carboxylic acid groups (broad SMARTS) is 1. The second-order valence-electron chi connectivity index (χ2n) is 24.5. The van der Waals surface area contributed by atoms with Crippen LogP contribution in [0.1, 0.15) is 179 Å². The number of carbonyl (C=O) groups excluding carboxylic acids is 3. The first kappa shape index (κ1) is 60.0. The van der Waals surface area contributed by atoms with Crippen molar-refractivity contribution < 1.29 is 48.0 Å². The maximum atomic E-state index is 15.1. The van der Waals surface area contributed by atoms with E-state index >= 15 is 4.79 Å². The molecule has 4 aromatic rings. The molecule has 3 saturated carbocycles. The summed E-state index contributed by atoms with van der Waals surface area (Å²) < 4.78 is 31.5. The SMILES string of the molecule is CCCCCC(=O)N(NC(=O)OC1CC[C@@]2(C)C(=CCC3C2CC[C@@]2(C)C3CC[C@@H]2[C@H](C)CCCC(C)C)C1)[C@@H](COC(c1ccccc1)(c1ccc(OC)cc1)c1ccc(OC)cc1)[C@@H](OC(=O)CCC(=O)O)c1ccccc1. The summed E-state index contributed by atoms with van der Waals surface area (Å²) in [5, 5.41) is 10.9. The Labute approximate surface area is 476 Å². The molecular formula is C68H90N2O10. The Hall–Kier alpha value is -6.14. The number of rotatable bonds is 25. The molecule has 0 spiro atoms. The van der Waals surface area contributed by atoms with E-state index in [0.717, 1.165) is 66.0 Å². The number of methoxy groups -OCH3 is 2. The van der Waals surface area contributed by atoms with Crippen LogP contribution in [0.2, 0.25) is 0 Å². The monoisotopic (exact) mass is 1090 g/mol. The summed E-state index contributed by atoms with van der Waals surface area (Å²) in [6.07, 6.45) is 13.8. The van der Waals surface area contributed by atoms with Crippen molar-refractivity contribution >= 4 is 23.9 Å². The largest absolute Gasteiger partial charge is 0.497 e. The van der Waals surface area contributed by atoms with Gasteiger partial charge in [0.15, 0.2) is 6.10 Å². The Balaban J connectivity index is 1.12. The highest BCUT2D eigenvalue weighted by molar-refractivity contribution is 5.80. The van der Waals surface area contributed by atoms with Crippen molar-refractivity contribution in [2.75, 3.05) is 20.8 Å². The van der Waals surface area contributed by atoms with Crippen LogP contribution in [0.5, 0.6) is 11.5 Å². The Kier molecular flexibility index (Phi) is 20.3. The number of nitrogens with one attached hydrogen (secondary N) is 1. The number of esters is 1. The number of benzene rings is 4. The summed E-state index contributed by atoms with van der Waals surface area (Å²) in [6.45, 7) is 14.1. The first-order chi connectivity index (χ1) is 38.5. The fourth-order valence-electron chi connectivity index (χ4n) is 15.0. The molecule has 8 rings (SSSR count). The Morgan fingerprint density at radius 1 is 0.725 bits per heavy atom. The van der Waals surface area contributed by atoms with Gasteiger partial charge in [0.2, 0.25) is 5.91 Å². The van der Waals surface area contributed by atoms with Crippen molar-refractivity contribution in [3.63, 3.8) is 0 Å². The predicted octanol–water partition coefficient (Wildman–Crippen LogP) is 15.0. The van der Waals surface area contributed by atoms with Crippen LogP contribution in [0.15, 0.2) is 121 Å². The number of fused-ring (bicyclic) bond motifs is 5. The van der Waals surface area contributed by atoms with Crippen molar-refractivity contribution in [2.24, 2.45) is 46.3 Å². The standard InChI is InChI=1S/C68H90N2O10/c1-9-10-13-25-61(71)70(69-65(75)79-55-40-42-66(5)52(44-55)30-35-56-58-37-36-57(47(4)20-18-19-46(2)3)67(58,6)43-41-59(56)66)60(64(48-21-14-11-15-22-48)80-63(74)39-38-62(72)73)45-78-68(49-23-16-12-17-24-49,50-26-31-53(76-7)32-27-50)51-28-33-54(77-8)34-29-51/h11-12,14-17,21-24,26-34,46-47,55-60,64H,9-10,13,18-20,25,35-45H2,1-8H3,(H,69,75)(H,72,73)/t47-,55?,56?,57-,58?,59?,60+,64+,66+,67-/m1/s1. The fraction of sp³-hybridized carbons (Fsp3) is 0.559. The lowest BCUT2D eigenvalue weighted by Crippen LogP contribution is -2.57. The third-order valence-electron chi connectivity index (χ3n) is 19.3. The zero-order chi connectivity index (χ0) is 57.0. The molecule has 10 atom stereocenters. The van der Waals surface area contributed by atoms with Gasteiger partial charge in [0, 0.05) is 12.8 Å². The molecule has 0 heterocycles. The van der Waals surface area contributed by atoms with Gasteiger partial charge in [-0.25, -0.2) is 15.2 Å². The molecule has 2 N–H and O–H groups in total. The van der Waals surface area contributed by atoms with Crippen LogP contribution in [0.25, 0.3) is 0 Å². The molecule has 4 unspecified atom stereocenters. The molecule has 0 saturated heterocycles. The molecule has 12 nitrogen and oxygen atoms in total. The van der Waals surface area contributed by atoms with Gasteiger partial charge in [-0.3, -0.25) is 14.4 Å². The number of unbranched alkanes of at least 4 members (excludes halogenated alkanes) is 2. The molecule has 0 radical (unpaired) electrons. The van der Waals surface area contributed by atoms with E-state index < -0.39 is 60.6 Å². The van der Waals surface area contributed by atoms with Crippen molar-refractivity contribution in [1.29, 1.82) is 0 Å². The normalized spacial score (nSPS) is 24.4. The van der Waals surface area contributed by atoms with E-state index in [1.807, 2.05) is 84.9 Å². The molecule has 3 fully saturated rings. The van der Waals surface area contributed by atoms with E-state index in [1.165, 1.54) is 55.5 Å². The highest BCUT2D eigenvalue weighted by atomic mass is 16.6. The van der Waals surface area contributed by atoms with Crippen LogP contribution in [0.3, 0.4) is 0 Å². The maximum Gasteiger partial charge on any atom is 0.426 e. The highest BCUT2D eigenvalue weighted by Crippen LogP contribution is 2.67. The van der Waals surface area contributed by atoms with E-state index in [2.05, 4.69) is 53.0 Å². The summed E-state index contributed by atoms with van der Waals surface area (Å²) in [7, 11) is 3.21. The predicted molar refractivity (Wildman–Crippen MR) is 312 cm³/mol. The van der Waals surface area contributed by atoms with Crippen LogP contribution in [-0.2, 0) is 34.2 Å². The average molecular weight is 1100 g/mol. The van der Waals surface area contributed by atoms with E-state index in [0.29, 0.717) is 53.6 Å². The molecular weight excluding hydrogens is 1000 g/mol. The molecule has 0 bridgehead atoms. The number of carboxylic acids is 1. The third-order valence-corrected chi connectivity index (χ3v) is 19.3. The van der Waals surface area contributed by atoms with E-state index in [4.69, 9.17) is 23.7 Å². The number of hydrazine groups is 1. The lowest BCUT2D eigenvalue weighted by molar-refractivity contribution is -0.165. The van der Waals surface area contributed by atoms with Crippen LogP contribution in [0.4, 0.5) is 4.79 Å². The van der Waals surface area contributed by atoms with Crippen molar-refractivity contribution in [3.05, 3.63) is 143 Å². The topological polar surface area (TPSA) is 150 Å². The first-order valence-electron chi connectivity index (χ1n) is 30.0. The number of ether oxygens (including phenoxy) is 5. The maximum absolute atomic E-state index is 15.1. The van der Waals surface area contributed by atoms with Crippen LogP contribution < -0.4 is 14.9 Å². The van der Waals surface area contributed by atoms with E-state index in [9.17, 15) is 19.5 Å². The van der Waals surface area contributed by atoms with Crippen LogP contribution in [-0.4, -0.2) is 67.0 Å². The Morgan fingerprint density at radius 2 is 1.36 bits per heavy atom. The third kappa shape index (κ3) is 13.4. The second kappa shape index (κ2) is 27.1. The number of allylic oxidation sites excluding steroid dienone is 1. The van der Waals surface area contributed by atoms with Gasteiger partial charge in [-0.1, -0.05) is 170 Å². The van der Waals surface area contributed by atoms with Gasteiger partial charge in [-0.15, -0.1) is 0 Å². The van der Waals surface area contributed by atoms with Crippen molar-refractivity contribution in [3.8, 4) is 11.5 Å². The van der Waals surface area contributed by atoms with Gasteiger partial charge in [-0.05, 0) is 144 Å². The van der Waals surface area contributed by atoms with Gasteiger partial charge < -0.3 is 28.8 Å². The second-order valence-corrected chi connectivity index (χ2v) is 24.5. The van der Waals surface area contributed by atoms with Crippen molar-refractivity contribution in [2.45, 2.75) is 175 Å². The number of hydrogen-bond acceptors (Lipinski definition) is 9. The fourth-order valence-corrected chi connectivity index (χ4v) is 15.0. The summed E-state index contributed by atoms with van der Waals surface area (Å²) in [5.41, 5.74) is 6.05. The molecule has 0 aromatic heterocycles. The van der Waals surface area contributed by atoms with Crippen LogP contribution >= 0.6 is 0 Å². The minimum absolute atomic E-state index is 0.0255. The summed E-state index contributed by atoms with van der Waals surface area (Å²) in [4.78, 5) is 55.7. The molecule has 12 heteroatoms. The highest BCUT2D eigenvalue weighted by Gasteiger charge is 2.59. The van der Waals surface area contributed by atoms with Gasteiger partial charge >= 0.3 is 18.0 Å². The smallest absolute Gasteiger partial charge is 0.426 e. The number of hydrogen-bond donors (Lipinski definition) is 2. The molecule has 2 amide bonds. The first-order valence-corrected chi connectivity index (χ1v) is 30.0. The zero-order valence-corrected chi connectivity index (χ0v) is 49.0. The van der Waals surface area contributed by atoms with E-state index in [-0.39, 0.29) is 18.4 Å². The van der Waals surface area contributed by atoms with Gasteiger partial charge in [0.25, 0.3) is 0 Å². The molecule has 4 aromatic carbocycles. The van der Waals surface area contributed by atoms with Crippen molar-refractivity contribution in [1.82, 2.24) is 10.4 Å². The molecule has 80 heavy (non-hydrogen) atoms. The Bertz CT molecular complexity index is 2650. The molecule has 4 aliphatic rings.